The van der Waals surface area contributed by atoms with E-state index in [4.69, 9.17) is 38.4 Å². The van der Waals surface area contributed by atoms with Crippen LogP contribution in [0.3, 0.4) is 0 Å². The van der Waals surface area contributed by atoms with Crippen molar-refractivity contribution in [1.29, 1.82) is 0 Å². The zero-order valence-electron chi connectivity index (χ0n) is 17.6. The van der Waals surface area contributed by atoms with Crippen LogP contribution in [-0.2, 0) is 11.3 Å². The van der Waals surface area contributed by atoms with E-state index in [9.17, 15) is 4.39 Å². The van der Waals surface area contributed by atoms with Gasteiger partial charge < -0.3 is 19.8 Å². The first-order chi connectivity index (χ1) is 15.4. The molecule has 0 saturated carbocycles. The predicted molar refractivity (Wildman–Crippen MR) is 123 cm³/mol. The fourth-order valence-electron chi connectivity index (χ4n) is 3.57. The fourth-order valence-corrected chi connectivity index (χ4v) is 4.25. The number of anilines is 1. The Morgan fingerprint density at radius 3 is 2.78 bits per heavy atom. The number of ether oxygens (including phenoxy) is 2. The third kappa shape index (κ3) is 5.15. The summed E-state index contributed by atoms with van der Waals surface area (Å²) in [5.74, 6) is -0.0192. The number of rotatable bonds is 7. The van der Waals surface area contributed by atoms with Gasteiger partial charge in [0.05, 0.1) is 30.3 Å². The second-order valence-corrected chi connectivity index (χ2v) is 8.36. The van der Waals surface area contributed by atoms with Crippen LogP contribution >= 0.6 is 23.2 Å². The van der Waals surface area contributed by atoms with E-state index >= 15 is 0 Å². The summed E-state index contributed by atoms with van der Waals surface area (Å²) in [6, 6.07) is 4.42. The van der Waals surface area contributed by atoms with Gasteiger partial charge in [-0.1, -0.05) is 23.2 Å². The molecule has 170 valence electrons. The molecule has 3 aromatic rings. The van der Waals surface area contributed by atoms with Gasteiger partial charge >= 0.3 is 0 Å². The lowest BCUT2D eigenvalue weighted by molar-refractivity contribution is 0.0364. The van der Waals surface area contributed by atoms with E-state index in [0.29, 0.717) is 16.3 Å². The number of nitrogen functional groups attached to an aromatic ring is 1. The largest absolute Gasteiger partial charge is 0.482 e. The molecular weight excluding hydrogens is 456 g/mol. The normalized spacial score (nSPS) is 15.6. The van der Waals surface area contributed by atoms with Crippen LogP contribution in [0.4, 0.5) is 10.2 Å². The minimum Gasteiger partial charge on any atom is -0.482 e. The lowest BCUT2D eigenvalue weighted by Crippen LogP contribution is -2.38. The Labute approximate surface area is 195 Å². The van der Waals surface area contributed by atoms with Crippen molar-refractivity contribution in [1.82, 2.24) is 19.4 Å². The van der Waals surface area contributed by atoms with Crippen molar-refractivity contribution in [3.8, 4) is 17.0 Å². The van der Waals surface area contributed by atoms with Crippen molar-refractivity contribution >= 4 is 29.0 Å². The average molecular weight is 480 g/mol. The lowest BCUT2D eigenvalue weighted by atomic mass is 10.1. The van der Waals surface area contributed by atoms with E-state index < -0.39 is 11.9 Å². The highest BCUT2D eigenvalue weighted by atomic mass is 35.5. The molecule has 7 nitrogen and oxygen atoms in total. The van der Waals surface area contributed by atoms with Gasteiger partial charge in [0.1, 0.15) is 11.9 Å². The van der Waals surface area contributed by atoms with Crippen molar-refractivity contribution in [3.63, 3.8) is 0 Å². The minimum absolute atomic E-state index is 0.0771. The number of morpholine rings is 1. The number of aromatic nitrogens is 3. The number of nitrogens with two attached hydrogens (primary N) is 1. The SMILES string of the molecule is CC(Oc1cc(-c2cn(CCN3CCOCC3)cn2)cnc1N)c1c(Cl)ccc(F)c1Cl. The van der Waals surface area contributed by atoms with Gasteiger partial charge in [0.2, 0.25) is 0 Å². The van der Waals surface area contributed by atoms with Gasteiger partial charge in [-0.15, -0.1) is 0 Å². The van der Waals surface area contributed by atoms with Crippen molar-refractivity contribution in [2.75, 3.05) is 38.6 Å². The predicted octanol–water partition coefficient (Wildman–Crippen LogP) is 4.45. The van der Waals surface area contributed by atoms with E-state index in [0.717, 1.165) is 50.7 Å². The molecule has 0 bridgehead atoms. The Morgan fingerprint density at radius 1 is 1.22 bits per heavy atom. The fraction of sp³-hybridized carbons (Fsp3) is 0.364. The van der Waals surface area contributed by atoms with Crippen molar-refractivity contribution in [2.45, 2.75) is 19.6 Å². The maximum absolute atomic E-state index is 13.9. The molecular formula is C22H24Cl2FN5O2. The Balaban J connectivity index is 1.48. The molecule has 1 fully saturated rings. The second-order valence-electron chi connectivity index (χ2n) is 7.58. The van der Waals surface area contributed by atoms with Crippen molar-refractivity contribution in [3.05, 3.63) is 58.3 Å². The Hall–Kier alpha value is -2.39. The van der Waals surface area contributed by atoms with Crippen LogP contribution in [0.25, 0.3) is 11.3 Å². The molecule has 3 heterocycles. The molecule has 0 aliphatic carbocycles. The number of imidazole rings is 1. The highest BCUT2D eigenvalue weighted by Gasteiger charge is 2.20. The van der Waals surface area contributed by atoms with Crippen LogP contribution in [0.15, 0.2) is 36.9 Å². The highest BCUT2D eigenvalue weighted by Crippen LogP contribution is 2.36. The number of pyridine rings is 1. The molecule has 1 aliphatic heterocycles. The van der Waals surface area contributed by atoms with E-state index in [2.05, 4.69) is 14.9 Å². The monoisotopic (exact) mass is 479 g/mol. The van der Waals surface area contributed by atoms with Crippen LogP contribution in [-0.4, -0.2) is 52.3 Å². The maximum atomic E-state index is 13.9. The molecule has 32 heavy (non-hydrogen) atoms. The van der Waals surface area contributed by atoms with Gasteiger partial charge in [0, 0.05) is 54.7 Å². The summed E-state index contributed by atoms with van der Waals surface area (Å²) in [7, 11) is 0. The van der Waals surface area contributed by atoms with Crippen molar-refractivity contribution < 1.29 is 13.9 Å². The molecule has 1 saturated heterocycles. The first kappa shape index (κ1) is 22.8. The van der Waals surface area contributed by atoms with E-state index in [1.807, 2.05) is 10.8 Å². The Bertz CT molecular complexity index is 1090. The zero-order chi connectivity index (χ0) is 22.7. The zero-order valence-corrected chi connectivity index (χ0v) is 19.1. The van der Waals surface area contributed by atoms with E-state index in [1.54, 1.807) is 25.5 Å². The third-order valence-electron chi connectivity index (χ3n) is 5.38. The summed E-state index contributed by atoms with van der Waals surface area (Å²) in [6.45, 7) is 6.92. The summed E-state index contributed by atoms with van der Waals surface area (Å²) in [6.07, 6.45) is 4.75. The summed E-state index contributed by atoms with van der Waals surface area (Å²) in [4.78, 5) is 11.1. The molecule has 4 rings (SSSR count). The topological polar surface area (TPSA) is 78.4 Å². The molecule has 0 radical (unpaired) electrons. The second kappa shape index (κ2) is 10.0. The standard InChI is InChI=1S/C22H24Cl2FN5O2/c1-14(20-16(23)2-3-17(25)21(20)24)32-19-10-15(11-27-22(19)26)18-12-30(13-28-18)5-4-29-6-8-31-9-7-29/h2-3,10-14H,4-9H2,1H3,(H2,26,27). The van der Waals surface area contributed by atoms with Crippen LogP contribution in [0.2, 0.25) is 10.0 Å². The number of hydrogen-bond donors (Lipinski definition) is 1. The molecule has 2 N–H and O–H groups in total. The number of nitrogens with zero attached hydrogens (tertiary/aromatic N) is 4. The van der Waals surface area contributed by atoms with Gasteiger partial charge in [-0.05, 0) is 25.1 Å². The van der Waals surface area contributed by atoms with Crippen LogP contribution in [0, 0.1) is 5.82 Å². The Morgan fingerprint density at radius 2 is 2.00 bits per heavy atom. The maximum Gasteiger partial charge on any atom is 0.166 e. The highest BCUT2D eigenvalue weighted by molar-refractivity contribution is 6.36. The van der Waals surface area contributed by atoms with Crippen LogP contribution in [0.1, 0.15) is 18.6 Å². The summed E-state index contributed by atoms with van der Waals surface area (Å²) in [5, 5.41) is 0.234. The van der Waals surface area contributed by atoms with Gasteiger partial charge in [0.15, 0.2) is 11.6 Å². The van der Waals surface area contributed by atoms with Crippen molar-refractivity contribution in [2.24, 2.45) is 0 Å². The molecule has 0 amide bonds. The Kier molecular flexibility index (Phi) is 7.15. The molecule has 10 heteroatoms. The number of halogens is 3. The summed E-state index contributed by atoms with van der Waals surface area (Å²) < 4.78 is 27.3. The van der Waals surface area contributed by atoms with Gasteiger partial charge in [0.25, 0.3) is 0 Å². The van der Waals surface area contributed by atoms with Gasteiger partial charge in [-0.3, -0.25) is 4.90 Å². The van der Waals surface area contributed by atoms with Gasteiger partial charge in [-0.25, -0.2) is 14.4 Å². The number of benzene rings is 1. The quantitative estimate of drug-likeness (QED) is 0.504. The molecule has 1 atom stereocenters. The van der Waals surface area contributed by atoms with Crippen LogP contribution in [0.5, 0.6) is 5.75 Å². The first-order valence-corrected chi connectivity index (χ1v) is 11.1. The minimum atomic E-state index is -0.642. The molecule has 2 aromatic heterocycles. The molecule has 1 unspecified atom stereocenters. The smallest absolute Gasteiger partial charge is 0.166 e. The molecule has 1 aromatic carbocycles. The lowest BCUT2D eigenvalue weighted by Gasteiger charge is -2.26. The summed E-state index contributed by atoms with van der Waals surface area (Å²) in [5.41, 5.74) is 7.87. The van der Waals surface area contributed by atoms with E-state index in [-0.39, 0.29) is 10.8 Å². The van der Waals surface area contributed by atoms with Crippen LogP contribution < -0.4 is 10.5 Å². The van der Waals surface area contributed by atoms with Gasteiger partial charge in [-0.2, -0.15) is 0 Å². The first-order valence-electron chi connectivity index (χ1n) is 10.3. The average Bonchev–Trinajstić information content (AvgIpc) is 3.26. The summed E-state index contributed by atoms with van der Waals surface area (Å²) >= 11 is 12.3. The van der Waals surface area contributed by atoms with E-state index in [1.165, 1.54) is 12.1 Å². The third-order valence-corrected chi connectivity index (χ3v) is 6.09. The number of hydrogen-bond acceptors (Lipinski definition) is 6. The molecule has 1 aliphatic rings. The molecule has 0 spiro atoms.